The number of para-hydroxylation sites is 1. The number of hydrogen-bond donors (Lipinski definition) is 1. The standard InChI is InChI=1S/C15H11ClN2OS/c16-12-8-10(13-9-20-15(17)18-13)6-7-14(12)19-11-4-2-1-3-5-11/h1-9H,(H2,17,18). The molecule has 0 amide bonds. The second-order valence-corrected chi connectivity index (χ2v) is 5.43. The second kappa shape index (κ2) is 5.53. The SMILES string of the molecule is Nc1nc(-c2ccc(Oc3ccccc3)c(Cl)c2)cs1. The van der Waals surface area contributed by atoms with E-state index in [-0.39, 0.29) is 0 Å². The fourth-order valence-corrected chi connectivity index (χ4v) is 2.57. The number of nitrogens with two attached hydrogens (primary N) is 1. The number of hydrogen-bond acceptors (Lipinski definition) is 4. The van der Waals surface area contributed by atoms with Crippen LogP contribution in [-0.2, 0) is 0 Å². The third-order valence-corrected chi connectivity index (χ3v) is 3.69. The zero-order valence-electron chi connectivity index (χ0n) is 10.4. The minimum atomic E-state index is 0.540. The van der Waals surface area contributed by atoms with E-state index < -0.39 is 0 Å². The molecule has 0 radical (unpaired) electrons. The summed E-state index contributed by atoms with van der Waals surface area (Å²) in [5, 5.41) is 2.98. The first-order valence-corrected chi connectivity index (χ1v) is 7.22. The number of halogens is 1. The molecule has 20 heavy (non-hydrogen) atoms. The summed E-state index contributed by atoms with van der Waals surface area (Å²) in [6, 6.07) is 15.1. The molecule has 0 aliphatic rings. The summed E-state index contributed by atoms with van der Waals surface area (Å²) in [6.07, 6.45) is 0. The van der Waals surface area contributed by atoms with Gasteiger partial charge in [-0.3, -0.25) is 0 Å². The van der Waals surface area contributed by atoms with Gasteiger partial charge in [0.05, 0.1) is 10.7 Å². The topological polar surface area (TPSA) is 48.1 Å². The van der Waals surface area contributed by atoms with Crippen LogP contribution in [0, 0.1) is 0 Å². The molecule has 1 heterocycles. The van der Waals surface area contributed by atoms with Gasteiger partial charge in [0.2, 0.25) is 0 Å². The summed E-state index contributed by atoms with van der Waals surface area (Å²) >= 11 is 7.66. The molecule has 0 spiro atoms. The van der Waals surface area contributed by atoms with Crippen LogP contribution in [0.1, 0.15) is 0 Å². The van der Waals surface area contributed by atoms with Crippen LogP contribution < -0.4 is 10.5 Å². The number of aromatic nitrogens is 1. The Morgan fingerprint density at radius 1 is 1.10 bits per heavy atom. The van der Waals surface area contributed by atoms with Gasteiger partial charge in [0.1, 0.15) is 11.5 Å². The van der Waals surface area contributed by atoms with Crippen LogP contribution in [0.3, 0.4) is 0 Å². The normalized spacial score (nSPS) is 10.4. The van der Waals surface area contributed by atoms with E-state index in [4.69, 9.17) is 22.1 Å². The predicted molar refractivity (Wildman–Crippen MR) is 83.5 cm³/mol. The van der Waals surface area contributed by atoms with Crippen LogP contribution in [0.2, 0.25) is 5.02 Å². The third kappa shape index (κ3) is 2.76. The fraction of sp³-hybridized carbons (Fsp3) is 0. The van der Waals surface area contributed by atoms with E-state index in [1.165, 1.54) is 11.3 Å². The largest absolute Gasteiger partial charge is 0.456 e. The summed E-state index contributed by atoms with van der Waals surface area (Å²) in [5.41, 5.74) is 7.38. The predicted octanol–water partition coefficient (Wildman–Crippen LogP) is 4.84. The van der Waals surface area contributed by atoms with E-state index in [2.05, 4.69) is 4.98 Å². The maximum absolute atomic E-state index is 6.26. The van der Waals surface area contributed by atoms with E-state index in [1.807, 2.05) is 53.9 Å². The Bertz CT molecular complexity index is 728. The first-order valence-electron chi connectivity index (χ1n) is 5.96. The first kappa shape index (κ1) is 13.0. The highest BCUT2D eigenvalue weighted by Crippen LogP contribution is 2.33. The maximum Gasteiger partial charge on any atom is 0.180 e. The first-order chi connectivity index (χ1) is 9.72. The smallest absolute Gasteiger partial charge is 0.180 e. The summed E-state index contributed by atoms with van der Waals surface area (Å²) in [7, 11) is 0. The van der Waals surface area contributed by atoms with E-state index in [9.17, 15) is 0 Å². The van der Waals surface area contributed by atoms with Crippen LogP contribution >= 0.6 is 22.9 Å². The quantitative estimate of drug-likeness (QED) is 0.753. The van der Waals surface area contributed by atoms with E-state index in [0.29, 0.717) is 15.9 Å². The molecule has 0 aliphatic heterocycles. The molecule has 3 aromatic rings. The van der Waals surface area contributed by atoms with Crippen molar-refractivity contribution in [2.45, 2.75) is 0 Å². The minimum Gasteiger partial charge on any atom is -0.456 e. The maximum atomic E-state index is 6.26. The van der Waals surface area contributed by atoms with Gasteiger partial charge in [-0.15, -0.1) is 11.3 Å². The van der Waals surface area contributed by atoms with Crippen LogP contribution in [0.4, 0.5) is 5.13 Å². The van der Waals surface area contributed by atoms with Crippen molar-refractivity contribution in [2.24, 2.45) is 0 Å². The molecule has 0 aliphatic carbocycles. The Kier molecular flexibility index (Phi) is 3.58. The van der Waals surface area contributed by atoms with Gasteiger partial charge in [-0.05, 0) is 30.3 Å². The van der Waals surface area contributed by atoms with Crippen molar-refractivity contribution in [2.75, 3.05) is 5.73 Å². The Morgan fingerprint density at radius 3 is 2.55 bits per heavy atom. The number of nitrogen functional groups attached to an aromatic ring is 1. The molecule has 3 rings (SSSR count). The third-order valence-electron chi connectivity index (χ3n) is 2.72. The average molecular weight is 303 g/mol. The van der Waals surface area contributed by atoms with Crippen molar-refractivity contribution >= 4 is 28.1 Å². The molecule has 2 N–H and O–H groups in total. The van der Waals surface area contributed by atoms with Gasteiger partial charge in [-0.25, -0.2) is 4.98 Å². The molecule has 100 valence electrons. The Balaban J connectivity index is 1.88. The minimum absolute atomic E-state index is 0.540. The van der Waals surface area contributed by atoms with Crippen LogP contribution in [0.5, 0.6) is 11.5 Å². The lowest BCUT2D eigenvalue weighted by Gasteiger charge is -2.08. The highest BCUT2D eigenvalue weighted by molar-refractivity contribution is 7.13. The molecular weight excluding hydrogens is 292 g/mol. The molecule has 5 heteroatoms. The highest BCUT2D eigenvalue weighted by atomic mass is 35.5. The lowest BCUT2D eigenvalue weighted by Crippen LogP contribution is -1.87. The van der Waals surface area contributed by atoms with Crippen molar-refractivity contribution in [1.29, 1.82) is 0 Å². The van der Waals surface area contributed by atoms with Gasteiger partial charge in [0.15, 0.2) is 5.13 Å². The zero-order valence-corrected chi connectivity index (χ0v) is 12.0. The highest BCUT2D eigenvalue weighted by Gasteiger charge is 2.08. The molecule has 0 atom stereocenters. The lowest BCUT2D eigenvalue weighted by molar-refractivity contribution is 0.483. The van der Waals surface area contributed by atoms with Gasteiger partial charge in [0, 0.05) is 10.9 Å². The molecular formula is C15H11ClN2OS. The number of ether oxygens (including phenoxy) is 1. The van der Waals surface area contributed by atoms with Crippen LogP contribution in [-0.4, -0.2) is 4.98 Å². The molecule has 0 fully saturated rings. The molecule has 0 saturated heterocycles. The van der Waals surface area contributed by atoms with Crippen molar-refractivity contribution in [3.05, 3.63) is 58.9 Å². The summed E-state index contributed by atoms with van der Waals surface area (Å²) < 4.78 is 5.73. The molecule has 1 aromatic heterocycles. The molecule has 0 saturated carbocycles. The van der Waals surface area contributed by atoms with Crippen molar-refractivity contribution in [3.8, 4) is 22.8 Å². The molecule has 2 aromatic carbocycles. The van der Waals surface area contributed by atoms with Gasteiger partial charge in [-0.2, -0.15) is 0 Å². The van der Waals surface area contributed by atoms with Crippen molar-refractivity contribution in [3.63, 3.8) is 0 Å². The number of benzene rings is 2. The lowest BCUT2D eigenvalue weighted by atomic mass is 10.2. The average Bonchev–Trinajstić information content (AvgIpc) is 2.89. The fourth-order valence-electron chi connectivity index (χ4n) is 1.78. The van der Waals surface area contributed by atoms with Crippen LogP contribution in [0.25, 0.3) is 11.3 Å². The monoisotopic (exact) mass is 302 g/mol. The van der Waals surface area contributed by atoms with Gasteiger partial charge >= 0.3 is 0 Å². The van der Waals surface area contributed by atoms with Crippen molar-refractivity contribution < 1.29 is 4.74 Å². The second-order valence-electron chi connectivity index (χ2n) is 4.13. The van der Waals surface area contributed by atoms with Crippen molar-refractivity contribution in [1.82, 2.24) is 4.98 Å². The van der Waals surface area contributed by atoms with E-state index in [0.717, 1.165) is 17.0 Å². The molecule has 0 unspecified atom stereocenters. The number of anilines is 1. The van der Waals surface area contributed by atoms with Gasteiger partial charge < -0.3 is 10.5 Å². The summed E-state index contributed by atoms with van der Waals surface area (Å²) in [4.78, 5) is 4.23. The summed E-state index contributed by atoms with van der Waals surface area (Å²) in [6.45, 7) is 0. The van der Waals surface area contributed by atoms with Crippen LogP contribution in [0.15, 0.2) is 53.9 Å². The Morgan fingerprint density at radius 2 is 1.90 bits per heavy atom. The molecule has 3 nitrogen and oxygen atoms in total. The Hall–Kier alpha value is -2.04. The van der Waals surface area contributed by atoms with E-state index >= 15 is 0 Å². The number of rotatable bonds is 3. The Labute approximate surface area is 125 Å². The number of nitrogens with zero attached hydrogens (tertiary/aromatic N) is 1. The van der Waals surface area contributed by atoms with Gasteiger partial charge in [0.25, 0.3) is 0 Å². The zero-order chi connectivity index (χ0) is 13.9. The van der Waals surface area contributed by atoms with Gasteiger partial charge in [-0.1, -0.05) is 29.8 Å². The number of thiazole rings is 1. The van der Waals surface area contributed by atoms with E-state index in [1.54, 1.807) is 0 Å². The molecule has 0 bridgehead atoms. The summed E-state index contributed by atoms with van der Waals surface area (Å²) in [5.74, 6) is 1.37.